The molecule has 1 aromatic heterocycles. The predicted molar refractivity (Wildman–Crippen MR) is 99.3 cm³/mol. The van der Waals surface area contributed by atoms with Crippen LogP contribution in [0.2, 0.25) is 0 Å². The van der Waals surface area contributed by atoms with E-state index in [2.05, 4.69) is 15.1 Å². The Morgan fingerprint density at radius 1 is 1.04 bits per heavy atom. The SMILES string of the molecule is CCOc1ccc(-c2ccc(N3CCN(C(=O)COC)CC3)nn2)cc1. The topological polar surface area (TPSA) is 67.8 Å². The second-order valence-electron chi connectivity index (χ2n) is 6.04. The number of rotatable bonds is 6. The average molecular weight is 356 g/mol. The van der Waals surface area contributed by atoms with Crippen LogP contribution in [-0.2, 0) is 9.53 Å². The minimum atomic E-state index is 0.0316. The van der Waals surface area contributed by atoms with Crippen molar-refractivity contribution in [3.63, 3.8) is 0 Å². The quantitative estimate of drug-likeness (QED) is 0.787. The number of benzene rings is 1. The first-order chi connectivity index (χ1) is 12.7. The number of aromatic nitrogens is 2. The predicted octanol–water partition coefficient (Wildman–Crippen LogP) is 1.84. The second-order valence-corrected chi connectivity index (χ2v) is 6.04. The van der Waals surface area contributed by atoms with Crippen LogP contribution in [-0.4, -0.2) is 67.5 Å². The van der Waals surface area contributed by atoms with E-state index in [0.717, 1.165) is 35.9 Å². The molecule has 0 bridgehead atoms. The molecule has 1 aliphatic heterocycles. The van der Waals surface area contributed by atoms with E-state index < -0.39 is 0 Å². The van der Waals surface area contributed by atoms with Gasteiger partial charge in [0, 0.05) is 38.9 Å². The van der Waals surface area contributed by atoms with Gasteiger partial charge in [-0.25, -0.2) is 0 Å². The first kappa shape index (κ1) is 18.1. The molecule has 7 nitrogen and oxygen atoms in total. The fourth-order valence-electron chi connectivity index (χ4n) is 2.94. The summed E-state index contributed by atoms with van der Waals surface area (Å²) in [6.45, 7) is 5.58. The lowest BCUT2D eigenvalue weighted by Gasteiger charge is -2.35. The number of carbonyl (C=O) groups is 1. The summed E-state index contributed by atoms with van der Waals surface area (Å²) in [5.41, 5.74) is 1.83. The fraction of sp³-hybridized carbons (Fsp3) is 0.421. The minimum Gasteiger partial charge on any atom is -0.494 e. The molecule has 1 saturated heterocycles. The van der Waals surface area contributed by atoms with Gasteiger partial charge in [-0.05, 0) is 43.3 Å². The van der Waals surface area contributed by atoms with Gasteiger partial charge in [0.25, 0.3) is 0 Å². The normalized spacial score (nSPS) is 14.4. The highest BCUT2D eigenvalue weighted by Crippen LogP contribution is 2.22. The summed E-state index contributed by atoms with van der Waals surface area (Å²) in [5.74, 6) is 1.71. The van der Waals surface area contributed by atoms with Crippen molar-refractivity contribution in [2.24, 2.45) is 0 Å². The Morgan fingerprint density at radius 2 is 1.77 bits per heavy atom. The summed E-state index contributed by atoms with van der Waals surface area (Å²) in [4.78, 5) is 15.8. The third-order valence-electron chi connectivity index (χ3n) is 4.34. The van der Waals surface area contributed by atoms with Crippen LogP contribution in [0, 0.1) is 0 Å². The Morgan fingerprint density at radius 3 is 2.35 bits per heavy atom. The van der Waals surface area contributed by atoms with E-state index in [1.54, 1.807) is 0 Å². The molecule has 0 spiro atoms. The van der Waals surface area contributed by atoms with Crippen molar-refractivity contribution < 1.29 is 14.3 Å². The third-order valence-corrected chi connectivity index (χ3v) is 4.34. The molecule has 7 heteroatoms. The summed E-state index contributed by atoms with van der Waals surface area (Å²) >= 11 is 0. The molecule has 26 heavy (non-hydrogen) atoms. The smallest absolute Gasteiger partial charge is 0.248 e. The molecule has 2 aromatic rings. The molecule has 3 rings (SSSR count). The van der Waals surface area contributed by atoms with Crippen molar-refractivity contribution in [3.8, 4) is 17.0 Å². The van der Waals surface area contributed by atoms with E-state index in [1.165, 1.54) is 7.11 Å². The Balaban J connectivity index is 1.60. The molecule has 1 aromatic carbocycles. The van der Waals surface area contributed by atoms with E-state index in [-0.39, 0.29) is 12.5 Å². The number of methoxy groups -OCH3 is 1. The molecule has 138 valence electrons. The summed E-state index contributed by atoms with van der Waals surface area (Å²) in [7, 11) is 1.54. The van der Waals surface area contributed by atoms with E-state index in [0.29, 0.717) is 19.7 Å². The highest BCUT2D eigenvalue weighted by Gasteiger charge is 2.21. The molecular formula is C19H24N4O3. The van der Waals surface area contributed by atoms with Crippen molar-refractivity contribution in [2.45, 2.75) is 6.92 Å². The van der Waals surface area contributed by atoms with Gasteiger partial charge < -0.3 is 19.3 Å². The Kier molecular flexibility index (Phi) is 6.01. The number of carbonyl (C=O) groups excluding carboxylic acids is 1. The van der Waals surface area contributed by atoms with Gasteiger partial charge in [-0.15, -0.1) is 10.2 Å². The minimum absolute atomic E-state index is 0.0316. The highest BCUT2D eigenvalue weighted by molar-refractivity contribution is 5.77. The average Bonchev–Trinajstić information content (AvgIpc) is 2.69. The lowest BCUT2D eigenvalue weighted by molar-refractivity contribution is -0.135. The molecule has 2 heterocycles. The van der Waals surface area contributed by atoms with E-state index in [9.17, 15) is 4.79 Å². The van der Waals surface area contributed by atoms with Crippen LogP contribution >= 0.6 is 0 Å². The summed E-state index contributed by atoms with van der Waals surface area (Å²) in [6.07, 6.45) is 0. The van der Waals surface area contributed by atoms with Gasteiger partial charge in [0.2, 0.25) is 5.91 Å². The number of piperazine rings is 1. The van der Waals surface area contributed by atoms with Crippen LogP contribution in [0.1, 0.15) is 6.92 Å². The third kappa shape index (κ3) is 4.29. The molecule has 0 atom stereocenters. The van der Waals surface area contributed by atoms with Gasteiger partial charge in [-0.3, -0.25) is 4.79 Å². The Bertz CT molecular complexity index is 711. The molecule has 1 fully saturated rings. The van der Waals surface area contributed by atoms with Crippen molar-refractivity contribution >= 4 is 11.7 Å². The fourth-order valence-corrected chi connectivity index (χ4v) is 2.94. The van der Waals surface area contributed by atoms with Crippen molar-refractivity contribution in [1.29, 1.82) is 0 Å². The molecule has 0 aliphatic carbocycles. The first-order valence-corrected chi connectivity index (χ1v) is 8.80. The van der Waals surface area contributed by atoms with Crippen molar-refractivity contribution in [2.75, 3.05) is 51.4 Å². The standard InChI is InChI=1S/C19H24N4O3/c1-3-26-16-6-4-15(5-7-16)17-8-9-18(21-20-17)22-10-12-23(13-11-22)19(24)14-25-2/h4-9H,3,10-14H2,1-2H3. The number of nitrogens with zero attached hydrogens (tertiary/aromatic N) is 4. The Labute approximate surface area is 153 Å². The van der Waals surface area contributed by atoms with E-state index in [1.807, 2.05) is 48.2 Å². The molecule has 0 radical (unpaired) electrons. The number of ether oxygens (including phenoxy) is 2. The zero-order valence-corrected chi connectivity index (χ0v) is 15.2. The van der Waals surface area contributed by atoms with Gasteiger partial charge in [-0.2, -0.15) is 0 Å². The molecule has 1 amide bonds. The maximum absolute atomic E-state index is 11.9. The molecular weight excluding hydrogens is 332 g/mol. The highest BCUT2D eigenvalue weighted by atomic mass is 16.5. The number of amides is 1. The zero-order valence-electron chi connectivity index (χ0n) is 15.2. The number of hydrogen-bond acceptors (Lipinski definition) is 6. The van der Waals surface area contributed by atoms with Crippen LogP contribution in [0.4, 0.5) is 5.82 Å². The summed E-state index contributed by atoms with van der Waals surface area (Å²) < 4.78 is 10.4. The van der Waals surface area contributed by atoms with Crippen LogP contribution in [0.15, 0.2) is 36.4 Å². The van der Waals surface area contributed by atoms with Gasteiger partial charge in [-0.1, -0.05) is 0 Å². The van der Waals surface area contributed by atoms with Crippen LogP contribution in [0.5, 0.6) is 5.75 Å². The van der Waals surface area contributed by atoms with E-state index in [4.69, 9.17) is 9.47 Å². The summed E-state index contributed by atoms with van der Waals surface area (Å²) in [6, 6.07) is 11.8. The number of hydrogen-bond donors (Lipinski definition) is 0. The van der Waals surface area contributed by atoms with E-state index >= 15 is 0 Å². The van der Waals surface area contributed by atoms with Crippen molar-refractivity contribution in [1.82, 2.24) is 15.1 Å². The number of anilines is 1. The maximum atomic E-state index is 11.9. The van der Waals surface area contributed by atoms with Gasteiger partial charge >= 0.3 is 0 Å². The first-order valence-electron chi connectivity index (χ1n) is 8.80. The van der Waals surface area contributed by atoms with Crippen molar-refractivity contribution in [3.05, 3.63) is 36.4 Å². The van der Waals surface area contributed by atoms with Crippen LogP contribution in [0.25, 0.3) is 11.3 Å². The monoisotopic (exact) mass is 356 g/mol. The van der Waals surface area contributed by atoms with Gasteiger partial charge in [0.05, 0.1) is 12.3 Å². The molecule has 0 N–H and O–H groups in total. The summed E-state index contributed by atoms with van der Waals surface area (Å²) in [5, 5.41) is 8.71. The maximum Gasteiger partial charge on any atom is 0.248 e. The Hall–Kier alpha value is -2.67. The zero-order chi connectivity index (χ0) is 18.4. The molecule has 0 unspecified atom stereocenters. The van der Waals surface area contributed by atoms with Crippen LogP contribution in [0.3, 0.4) is 0 Å². The molecule has 0 saturated carbocycles. The van der Waals surface area contributed by atoms with Gasteiger partial charge in [0.1, 0.15) is 12.4 Å². The van der Waals surface area contributed by atoms with Crippen LogP contribution < -0.4 is 9.64 Å². The molecule has 1 aliphatic rings. The lowest BCUT2D eigenvalue weighted by Crippen LogP contribution is -2.50. The second kappa shape index (κ2) is 8.62. The lowest BCUT2D eigenvalue weighted by atomic mass is 10.1. The largest absolute Gasteiger partial charge is 0.494 e. The van der Waals surface area contributed by atoms with Gasteiger partial charge in [0.15, 0.2) is 5.82 Å².